The van der Waals surface area contributed by atoms with Gasteiger partial charge in [0.2, 0.25) is 0 Å². The Morgan fingerprint density at radius 2 is 1.67 bits per heavy atom. The molecule has 2 rings (SSSR count). The average molecular weight is 326 g/mol. The highest BCUT2D eigenvalue weighted by molar-refractivity contribution is 5.96. The first kappa shape index (κ1) is 17.5. The lowest BCUT2D eigenvalue weighted by molar-refractivity contribution is 0.0979. The van der Waals surface area contributed by atoms with E-state index >= 15 is 0 Å². The number of para-hydroxylation sites is 1. The van der Waals surface area contributed by atoms with Crippen molar-refractivity contribution in [3.8, 4) is 5.75 Å². The van der Waals surface area contributed by atoms with Crippen molar-refractivity contribution in [2.45, 2.75) is 19.3 Å². The molecule has 0 aliphatic rings. The van der Waals surface area contributed by atoms with Crippen LogP contribution in [-0.4, -0.2) is 25.5 Å². The summed E-state index contributed by atoms with van der Waals surface area (Å²) in [6.07, 6.45) is 1.95. The molecule has 0 saturated heterocycles. The molecule has 24 heavy (non-hydrogen) atoms. The zero-order valence-corrected chi connectivity index (χ0v) is 13.7. The number of carbonyl (C=O) groups excluding carboxylic acids is 2. The summed E-state index contributed by atoms with van der Waals surface area (Å²) in [6, 6.07) is 16.1. The number of amides is 2. The predicted octanol–water partition coefficient (Wildman–Crippen LogP) is 3.87. The molecule has 0 saturated carbocycles. The van der Waals surface area contributed by atoms with Crippen LogP contribution in [0.3, 0.4) is 0 Å². The molecule has 0 unspecified atom stereocenters. The Bertz CT molecular complexity index is 654. The Balaban J connectivity index is 1.62. The molecule has 0 aliphatic carbocycles. The number of nitrogens with one attached hydrogen (secondary N) is 2. The number of rotatable bonds is 8. The minimum Gasteiger partial charge on any atom is -0.497 e. The number of urea groups is 1. The molecule has 2 N–H and O–H groups in total. The Labute approximate surface area is 142 Å². The first-order valence-electron chi connectivity index (χ1n) is 7.96. The molecular formula is C19H22N2O3. The second-order valence-corrected chi connectivity index (χ2v) is 5.36. The molecule has 0 radical (unpaired) electrons. The van der Waals surface area contributed by atoms with Crippen molar-refractivity contribution in [3.05, 3.63) is 60.2 Å². The topological polar surface area (TPSA) is 67.4 Å². The van der Waals surface area contributed by atoms with E-state index in [9.17, 15) is 9.59 Å². The van der Waals surface area contributed by atoms with E-state index in [-0.39, 0.29) is 11.8 Å². The monoisotopic (exact) mass is 326 g/mol. The molecule has 0 spiro atoms. The Morgan fingerprint density at radius 1 is 0.958 bits per heavy atom. The van der Waals surface area contributed by atoms with Crippen molar-refractivity contribution < 1.29 is 14.3 Å². The molecule has 5 heteroatoms. The van der Waals surface area contributed by atoms with Crippen molar-refractivity contribution in [3.63, 3.8) is 0 Å². The minimum absolute atomic E-state index is 0.103. The van der Waals surface area contributed by atoms with Crippen molar-refractivity contribution in [1.29, 1.82) is 0 Å². The summed E-state index contributed by atoms with van der Waals surface area (Å²) in [5.74, 6) is 0.839. The fourth-order valence-electron chi connectivity index (χ4n) is 2.23. The number of ketones is 1. The SMILES string of the molecule is COc1ccc(C(=O)CCCCNC(=O)Nc2ccccc2)cc1. The minimum atomic E-state index is -0.234. The quantitative estimate of drug-likeness (QED) is 0.571. The molecule has 126 valence electrons. The molecule has 2 aromatic rings. The second kappa shape index (κ2) is 9.35. The third-order valence-electron chi connectivity index (χ3n) is 3.56. The van der Waals surface area contributed by atoms with Gasteiger partial charge in [-0.05, 0) is 49.2 Å². The van der Waals surface area contributed by atoms with Gasteiger partial charge in [0.15, 0.2) is 5.78 Å². The summed E-state index contributed by atoms with van der Waals surface area (Å²) in [7, 11) is 1.60. The van der Waals surface area contributed by atoms with Crippen LogP contribution in [0.2, 0.25) is 0 Å². The molecule has 2 amide bonds. The zero-order chi connectivity index (χ0) is 17.2. The summed E-state index contributed by atoms with van der Waals surface area (Å²) in [5.41, 5.74) is 1.44. The van der Waals surface area contributed by atoms with Gasteiger partial charge in [0.25, 0.3) is 0 Å². The highest BCUT2D eigenvalue weighted by Crippen LogP contribution is 2.13. The zero-order valence-electron chi connectivity index (χ0n) is 13.7. The van der Waals surface area contributed by atoms with Gasteiger partial charge in [-0.25, -0.2) is 4.79 Å². The van der Waals surface area contributed by atoms with E-state index in [0.717, 1.165) is 24.3 Å². The van der Waals surface area contributed by atoms with E-state index in [2.05, 4.69) is 10.6 Å². The van der Waals surface area contributed by atoms with Gasteiger partial charge in [-0.3, -0.25) is 4.79 Å². The van der Waals surface area contributed by atoms with Crippen LogP contribution in [0.25, 0.3) is 0 Å². The van der Waals surface area contributed by atoms with E-state index in [1.165, 1.54) is 0 Å². The van der Waals surface area contributed by atoms with Crippen molar-refractivity contribution in [2.75, 3.05) is 19.0 Å². The van der Waals surface area contributed by atoms with Gasteiger partial charge in [-0.2, -0.15) is 0 Å². The van der Waals surface area contributed by atoms with Crippen molar-refractivity contribution in [2.24, 2.45) is 0 Å². The number of ether oxygens (including phenoxy) is 1. The van der Waals surface area contributed by atoms with Crippen LogP contribution in [-0.2, 0) is 0 Å². The third-order valence-corrected chi connectivity index (χ3v) is 3.56. The number of carbonyl (C=O) groups is 2. The molecular weight excluding hydrogens is 304 g/mol. The third kappa shape index (κ3) is 5.76. The Hall–Kier alpha value is -2.82. The van der Waals surface area contributed by atoms with Gasteiger partial charge in [-0.15, -0.1) is 0 Å². The second-order valence-electron chi connectivity index (χ2n) is 5.36. The van der Waals surface area contributed by atoms with Crippen LogP contribution in [0.4, 0.5) is 10.5 Å². The van der Waals surface area contributed by atoms with Gasteiger partial charge in [-0.1, -0.05) is 18.2 Å². The van der Waals surface area contributed by atoms with Crippen LogP contribution in [0.1, 0.15) is 29.6 Å². The van der Waals surface area contributed by atoms with Gasteiger partial charge in [0.1, 0.15) is 5.75 Å². The first-order chi connectivity index (χ1) is 11.7. The highest BCUT2D eigenvalue weighted by Gasteiger charge is 2.06. The Morgan fingerprint density at radius 3 is 2.33 bits per heavy atom. The lowest BCUT2D eigenvalue weighted by Gasteiger charge is -2.07. The maximum Gasteiger partial charge on any atom is 0.319 e. The van der Waals surface area contributed by atoms with E-state index < -0.39 is 0 Å². The number of unbranched alkanes of at least 4 members (excludes halogenated alkanes) is 1. The van der Waals surface area contributed by atoms with Crippen LogP contribution in [0, 0.1) is 0 Å². The predicted molar refractivity (Wildman–Crippen MR) is 94.6 cm³/mol. The number of methoxy groups -OCH3 is 1. The smallest absolute Gasteiger partial charge is 0.319 e. The molecule has 5 nitrogen and oxygen atoms in total. The molecule has 0 heterocycles. The molecule has 0 atom stereocenters. The van der Waals surface area contributed by atoms with Gasteiger partial charge >= 0.3 is 6.03 Å². The van der Waals surface area contributed by atoms with Gasteiger partial charge in [0, 0.05) is 24.2 Å². The first-order valence-corrected chi connectivity index (χ1v) is 7.96. The van der Waals surface area contributed by atoms with E-state index in [4.69, 9.17) is 4.74 Å². The highest BCUT2D eigenvalue weighted by atomic mass is 16.5. The molecule has 0 aliphatic heterocycles. The fraction of sp³-hybridized carbons (Fsp3) is 0.263. The number of hydrogen-bond acceptors (Lipinski definition) is 3. The normalized spacial score (nSPS) is 10.0. The summed E-state index contributed by atoms with van der Waals surface area (Å²) < 4.78 is 5.07. The van der Waals surface area contributed by atoms with E-state index in [0.29, 0.717) is 18.5 Å². The van der Waals surface area contributed by atoms with Crippen molar-refractivity contribution in [1.82, 2.24) is 5.32 Å². The van der Waals surface area contributed by atoms with Crippen LogP contribution in [0.5, 0.6) is 5.75 Å². The number of Topliss-reactive ketones (excluding diaryl/α,β-unsaturated/α-hetero) is 1. The summed E-state index contributed by atoms with van der Waals surface area (Å²) in [6.45, 7) is 0.536. The largest absolute Gasteiger partial charge is 0.497 e. The fourth-order valence-corrected chi connectivity index (χ4v) is 2.23. The molecule has 2 aromatic carbocycles. The summed E-state index contributed by atoms with van der Waals surface area (Å²) in [4.78, 5) is 23.7. The van der Waals surface area contributed by atoms with Gasteiger partial charge in [0.05, 0.1) is 7.11 Å². The molecule has 0 bridgehead atoms. The molecule has 0 aromatic heterocycles. The summed E-state index contributed by atoms with van der Waals surface area (Å²) in [5, 5.41) is 5.53. The van der Waals surface area contributed by atoms with E-state index in [1.54, 1.807) is 31.4 Å². The number of benzene rings is 2. The van der Waals surface area contributed by atoms with E-state index in [1.807, 2.05) is 30.3 Å². The van der Waals surface area contributed by atoms with Crippen LogP contribution < -0.4 is 15.4 Å². The maximum atomic E-state index is 12.0. The summed E-state index contributed by atoms with van der Waals surface area (Å²) >= 11 is 0. The number of anilines is 1. The standard InChI is InChI=1S/C19H22N2O3/c1-24-17-12-10-15(11-13-17)18(22)9-5-6-14-20-19(23)21-16-7-3-2-4-8-16/h2-4,7-8,10-13H,5-6,9,14H2,1H3,(H2,20,21,23). The number of hydrogen-bond donors (Lipinski definition) is 2. The lowest BCUT2D eigenvalue weighted by Crippen LogP contribution is -2.29. The lowest BCUT2D eigenvalue weighted by atomic mass is 10.1. The maximum absolute atomic E-state index is 12.0. The van der Waals surface area contributed by atoms with Crippen molar-refractivity contribution >= 4 is 17.5 Å². The van der Waals surface area contributed by atoms with Crippen LogP contribution in [0.15, 0.2) is 54.6 Å². The molecule has 0 fully saturated rings. The van der Waals surface area contributed by atoms with Gasteiger partial charge < -0.3 is 15.4 Å². The van der Waals surface area contributed by atoms with Crippen LogP contribution >= 0.6 is 0 Å². The Kier molecular flexibility index (Phi) is 6.83. The average Bonchev–Trinajstić information content (AvgIpc) is 2.62.